The van der Waals surface area contributed by atoms with E-state index in [4.69, 9.17) is 21.5 Å². The standard InChI is InChI=1S/C12H12ClNO3/c1-14-11(12(15)16)7-10(17-14)6-8-2-4-9(13)5-3-8/h2-5,7,11H,6H2,1H3,(H,15,16). The number of hydrogen-bond donors (Lipinski definition) is 1. The molecule has 4 nitrogen and oxygen atoms in total. The normalized spacial score (nSPS) is 19.9. The van der Waals surface area contributed by atoms with Crippen LogP contribution in [0.5, 0.6) is 0 Å². The fraction of sp³-hybridized carbons (Fsp3) is 0.250. The van der Waals surface area contributed by atoms with Gasteiger partial charge in [-0.1, -0.05) is 23.7 Å². The van der Waals surface area contributed by atoms with Gasteiger partial charge in [0, 0.05) is 18.5 Å². The Balaban J connectivity index is 2.08. The van der Waals surface area contributed by atoms with Crippen LogP contribution in [0.3, 0.4) is 0 Å². The Morgan fingerprint density at radius 2 is 2.12 bits per heavy atom. The van der Waals surface area contributed by atoms with Gasteiger partial charge in [0.25, 0.3) is 0 Å². The van der Waals surface area contributed by atoms with Crippen LogP contribution in [0.15, 0.2) is 36.1 Å². The summed E-state index contributed by atoms with van der Waals surface area (Å²) in [5, 5.41) is 10.9. The lowest BCUT2D eigenvalue weighted by molar-refractivity contribution is -0.155. The minimum absolute atomic E-state index is 0.561. The van der Waals surface area contributed by atoms with E-state index in [0.29, 0.717) is 17.2 Å². The zero-order valence-corrected chi connectivity index (χ0v) is 10.0. The summed E-state index contributed by atoms with van der Waals surface area (Å²) >= 11 is 5.78. The van der Waals surface area contributed by atoms with E-state index in [1.54, 1.807) is 25.3 Å². The van der Waals surface area contributed by atoms with Crippen molar-refractivity contribution in [2.75, 3.05) is 7.05 Å². The zero-order valence-electron chi connectivity index (χ0n) is 9.26. The SMILES string of the molecule is CN1OC(Cc2ccc(Cl)cc2)=CC1C(=O)O. The van der Waals surface area contributed by atoms with Gasteiger partial charge in [0.1, 0.15) is 5.76 Å². The molecule has 0 saturated carbocycles. The predicted molar refractivity (Wildman–Crippen MR) is 63.5 cm³/mol. The van der Waals surface area contributed by atoms with Gasteiger partial charge in [0.05, 0.1) is 0 Å². The molecule has 1 aliphatic rings. The first-order chi connectivity index (χ1) is 8.06. The van der Waals surface area contributed by atoms with Crippen LogP contribution in [0.4, 0.5) is 0 Å². The van der Waals surface area contributed by atoms with Gasteiger partial charge in [-0.2, -0.15) is 0 Å². The summed E-state index contributed by atoms with van der Waals surface area (Å²) in [6, 6.07) is 6.66. The molecule has 1 aromatic carbocycles. The van der Waals surface area contributed by atoms with E-state index in [2.05, 4.69) is 0 Å². The van der Waals surface area contributed by atoms with Gasteiger partial charge >= 0.3 is 5.97 Å². The number of nitrogens with zero attached hydrogens (tertiary/aromatic N) is 1. The third-order valence-electron chi connectivity index (χ3n) is 2.54. The molecule has 90 valence electrons. The fourth-order valence-corrected chi connectivity index (χ4v) is 1.80. The molecule has 0 saturated heterocycles. The molecule has 2 rings (SSSR count). The van der Waals surface area contributed by atoms with E-state index in [1.807, 2.05) is 12.1 Å². The Bertz CT molecular complexity index is 455. The number of rotatable bonds is 3. The van der Waals surface area contributed by atoms with Gasteiger partial charge in [0.15, 0.2) is 6.04 Å². The summed E-state index contributed by atoms with van der Waals surface area (Å²) in [6.45, 7) is 0. The Kier molecular flexibility index (Phi) is 3.36. The molecule has 1 N–H and O–H groups in total. The highest BCUT2D eigenvalue weighted by atomic mass is 35.5. The molecule has 17 heavy (non-hydrogen) atoms. The van der Waals surface area contributed by atoms with Crippen molar-refractivity contribution in [2.24, 2.45) is 0 Å². The number of carbonyl (C=O) groups is 1. The Labute approximate surface area is 104 Å². The number of carboxylic acids is 1. The van der Waals surface area contributed by atoms with Crippen molar-refractivity contribution in [3.05, 3.63) is 46.7 Å². The molecule has 0 aromatic heterocycles. The van der Waals surface area contributed by atoms with E-state index in [9.17, 15) is 4.79 Å². The minimum atomic E-state index is -0.918. The number of hydrogen-bond acceptors (Lipinski definition) is 3. The highest BCUT2D eigenvalue weighted by Crippen LogP contribution is 2.21. The van der Waals surface area contributed by atoms with E-state index in [0.717, 1.165) is 5.56 Å². The monoisotopic (exact) mass is 253 g/mol. The van der Waals surface area contributed by atoms with Gasteiger partial charge in [0.2, 0.25) is 0 Å². The summed E-state index contributed by atoms with van der Waals surface area (Å²) in [7, 11) is 1.60. The Morgan fingerprint density at radius 1 is 1.47 bits per heavy atom. The second kappa shape index (κ2) is 4.77. The molecule has 1 heterocycles. The molecule has 1 aliphatic heterocycles. The number of likely N-dealkylation sites (N-methyl/N-ethyl adjacent to an activating group) is 1. The van der Waals surface area contributed by atoms with Crippen molar-refractivity contribution >= 4 is 17.6 Å². The number of hydroxylamine groups is 2. The smallest absolute Gasteiger partial charge is 0.328 e. The number of aliphatic carboxylic acids is 1. The third-order valence-corrected chi connectivity index (χ3v) is 2.79. The van der Waals surface area contributed by atoms with Gasteiger partial charge in [-0.05, 0) is 23.8 Å². The molecule has 0 amide bonds. The second-order valence-corrected chi connectivity index (χ2v) is 4.29. The van der Waals surface area contributed by atoms with Crippen LogP contribution >= 0.6 is 11.6 Å². The largest absolute Gasteiger partial charge is 0.480 e. The molecule has 0 spiro atoms. The lowest BCUT2D eigenvalue weighted by atomic mass is 10.1. The highest BCUT2D eigenvalue weighted by Gasteiger charge is 2.29. The van der Waals surface area contributed by atoms with Crippen molar-refractivity contribution in [2.45, 2.75) is 12.5 Å². The minimum Gasteiger partial charge on any atom is -0.480 e. The van der Waals surface area contributed by atoms with Gasteiger partial charge < -0.3 is 9.94 Å². The summed E-state index contributed by atoms with van der Waals surface area (Å²) in [5.41, 5.74) is 1.03. The molecule has 5 heteroatoms. The van der Waals surface area contributed by atoms with E-state index >= 15 is 0 Å². The predicted octanol–water partition coefficient (Wildman–Crippen LogP) is 2.10. The third kappa shape index (κ3) is 2.78. The lowest BCUT2D eigenvalue weighted by Crippen LogP contribution is -2.31. The quantitative estimate of drug-likeness (QED) is 0.896. The van der Waals surface area contributed by atoms with Crippen LogP contribution in [-0.4, -0.2) is 29.2 Å². The maximum Gasteiger partial charge on any atom is 0.328 e. The summed E-state index contributed by atoms with van der Waals surface area (Å²) in [5.74, 6) is -0.277. The molecule has 1 unspecified atom stereocenters. The van der Waals surface area contributed by atoms with E-state index in [-0.39, 0.29) is 0 Å². The molecular formula is C12H12ClNO3. The van der Waals surface area contributed by atoms with Crippen molar-refractivity contribution in [1.82, 2.24) is 5.06 Å². The topological polar surface area (TPSA) is 49.8 Å². The van der Waals surface area contributed by atoms with Crippen LogP contribution in [0.25, 0.3) is 0 Å². The number of benzene rings is 1. The van der Waals surface area contributed by atoms with E-state index < -0.39 is 12.0 Å². The molecule has 0 aliphatic carbocycles. The van der Waals surface area contributed by atoms with Crippen molar-refractivity contribution in [3.63, 3.8) is 0 Å². The van der Waals surface area contributed by atoms with Crippen molar-refractivity contribution < 1.29 is 14.7 Å². The number of allylic oxidation sites excluding steroid dienone is 1. The first-order valence-corrected chi connectivity index (χ1v) is 5.53. The van der Waals surface area contributed by atoms with Gasteiger partial charge in [-0.25, -0.2) is 0 Å². The lowest BCUT2D eigenvalue weighted by Gasteiger charge is -2.14. The van der Waals surface area contributed by atoms with E-state index in [1.165, 1.54) is 5.06 Å². The van der Waals surface area contributed by atoms with Gasteiger partial charge in [-0.15, -0.1) is 5.06 Å². The molecular weight excluding hydrogens is 242 g/mol. The summed E-state index contributed by atoms with van der Waals surface area (Å²) in [6.07, 6.45) is 2.17. The van der Waals surface area contributed by atoms with Crippen LogP contribution < -0.4 is 0 Å². The summed E-state index contributed by atoms with van der Waals surface area (Å²) in [4.78, 5) is 16.2. The molecule has 0 radical (unpaired) electrons. The van der Waals surface area contributed by atoms with Crippen LogP contribution in [0, 0.1) is 0 Å². The summed E-state index contributed by atoms with van der Waals surface area (Å²) < 4.78 is 0. The maximum absolute atomic E-state index is 10.9. The van der Waals surface area contributed by atoms with Gasteiger partial charge in [-0.3, -0.25) is 4.79 Å². The van der Waals surface area contributed by atoms with Crippen LogP contribution in [0.1, 0.15) is 5.56 Å². The maximum atomic E-state index is 10.9. The van der Waals surface area contributed by atoms with Crippen molar-refractivity contribution in [1.29, 1.82) is 0 Å². The number of carboxylic acid groups (broad SMARTS) is 1. The molecule has 1 aromatic rings. The fourth-order valence-electron chi connectivity index (χ4n) is 1.67. The average Bonchev–Trinajstić information content (AvgIpc) is 2.63. The second-order valence-electron chi connectivity index (χ2n) is 3.86. The van der Waals surface area contributed by atoms with Crippen LogP contribution in [-0.2, 0) is 16.1 Å². The highest BCUT2D eigenvalue weighted by molar-refractivity contribution is 6.30. The molecule has 0 fully saturated rings. The molecule has 1 atom stereocenters. The first-order valence-electron chi connectivity index (χ1n) is 5.15. The van der Waals surface area contributed by atoms with Crippen molar-refractivity contribution in [3.8, 4) is 0 Å². The Morgan fingerprint density at radius 3 is 2.65 bits per heavy atom. The Hall–Kier alpha value is -1.52. The zero-order chi connectivity index (χ0) is 12.4. The van der Waals surface area contributed by atoms with Crippen LogP contribution in [0.2, 0.25) is 5.02 Å². The molecule has 0 bridgehead atoms. The first kappa shape index (κ1) is 12.0. The average molecular weight is 254 g/mol. The number of halogens is 1.